The summed E-state index contributed by atoms with van der Waals surface area (Å²) in [4.78, 5) is 28.4. The van der Waals surface area contributed by atoms with Gasteiger partial charge in [-0.15, -0.1) is 11.3 Å². The van der Waals surface area contributed by atoms with Gasteiger partial charge in [0.05, 0.1) is 24.3 Å². The van der Waals surface area contributed by atoms with Crippen LogP contribution in [0.1, 0.15) is 28.5 Å². The molecule has 0 unspecified atom stereocenters. The maximum atomic E-state index is 12.3. The van der Waals surface area contributed by atoms with Crippen LogP contribution in [0, 0.1) is 0 Å². The van der Waals surface area contributed by atoms with Gasteiger partial charge in [0.2, 0.25) is 5.91 Å². The maximum absolute atomic E-state index is 12.3. The highest BCUT2D eigenvalue weighted by Gasteiger charge is 2.10. The molecule has 0 aliphatic heterocycles. The van der Waals surface area contributed by atoms with E-state index in [0.29, 0.717) is 17.9 Å². The Bertz CT molecular complexity index is 972. The van der Waals surface area contributed by atoms with E-state index in [1.165, 1.54) is 16.9 Å². The Labute approximate surface area is 182 Å². The van der Waals surface area contributed by atoms with Crippen molar-refractivity contribution in [3.63, 3.8) is 0 Å². The van der Waals surface area contributed by atoms with Crippen molar-refractivity contribution in [2.75, 3.05) is 11.9 Å². The van der Waals surface area contributed by atoms with Gasteiger partial charge in [-0.2, -0.15) is 0 Å². The first-order valence-corrected chi connectivity index (χ1v) is 11.2. The molecule has 3 aromatic rings. The number of esters is 1. The van der Waals surface area contributed by atoms with Crippen LogP contribution in [0.4, 0.5) is 5.69 Å². The van der Waals surface area contributed by atoms with E-state index < -0.39 is 0 Å². The first-order chi connectivity index (χ1) is 14.0. The van der Waals surface area contributed by atoms with Crippen LogP contribution < -0.4 is 5.32 Å². The average molecular weight is 447 g/mol. The van der Waals surface area contributed by atoms with Gasteiger partial charge in [0.1, 0.15) is 4.34 Å². The number of nitrogens with zero attached hydrogens (tertiary/aromatic N) is 1. The fourth-order valence-corrected chi connectivity index (χ4v) is 4.36. The summed E-state index contributed by atoms with van der Waals surface area (Å²) in [6, 6.07) is 14.3. The highest BCUT2D eigenvalue weighted by atomic mass is 35.5. The summed E-state index contributed by atoms with van der Waals surface area (Å²) in [5.74, 6) is 0.258. The summed E-state index contributed by atoms with van der Waals surface area (Å²) < 4.78 is 5.86. The summed E-state index contributed by atoms with van der Waals surface area (Å²) in [5, 5.41) is 5.43. The molecule has 0 saturated heterocycles. The lowest BCUT2D eigenvalue weighted by molar-refractivity contribution is -0.115. The molecule has 3 rings (SSSR count). The number of thioether (sulfide) groups is 1. The van der Waals surface area contributed by atoms with Crippen LogP contribution in [0.25, 0.3) is 0 Å². The second-order valence-electron chi connectivity index (χ2n) is 6.04. The zero-order valence-corrected chi connectivity index (χ0v) is 18.1. The molecule has 0 saturated carbocycles. The predicted molar refractivity (Wildman–Crippen MR) is 118 cm³/mol. The van der Waals surface area contributed by atoms with Crippen molar-refractivity contribution >= 4 is 52.3 Å². The lowest BCUT2D eigenvalue weighted by Crippen LogP contribution is -2.14. The zero-order valence-electron chi connectivity index (χ0n) is 15.7. The van der Waals surface area contributed by atoms with E-state index in [0.717, 1.165) is 20.8 Å². The van der Waals surface area contributed by atoms with Crippen molar-refractivity contribution in [2.24, 2.45) is 0 Å². The number of hydrogen-bond acceptors (Lipinski definition) is 6. The van der Waals surface area contributed by atoms with E-state index >= 15 is 0 Å². The molecule has 5 nitrogen and oxygen atoms in total. The third-order valence-electron chi connectivity index (χ3n) is 3.83. The van der Waals surface area contributed by atoms with E-state index in [4.69, 9.17) is 16.3 Å². The van der Waals surface area contributed by atoms with Gasteiger partial charge in [0.15, 0.2) is 0 Å². The van der Waals surface area contributed by atoms with Gasteiger partial charge < -0.3 is 10.1 Å². The molecule has 29 heavy (non-hydrogen) atoms. The number of anilines is 1. The van der Waals surface area contributed by atoms with Crippen LogP contribution in [0.2, 0.25) is 5.02 Å². The van der Waals surface area contributed by atoms with Crippen molar-refractivity contribution in [1.82, 2.24) is 4.98 Å². The zero-order chi connectivity index (χ0) is 20.6. The molecule has 1 amide bonds. The van der Waals surface area contributed by atoms with E-state index in [1.54, 1.807) is 43.0 Å². The maximum Gasteiger partial charge on any atom is 0.338 e. The van der Waals surface area contributed by atoms with Gasteiger partial charge in [-0.25, -0.2) is 9.78 Å². The van der Waals surface area contributed by atoms with Crippen LogP contribution in [0.5, 0.6) is 0 Å². The largest absolute Gasteiger partial charge is 0.462 e. The minimum atomic E-state index is -0.378. The quantitative estimate of drug-likeness (QED) is 0.368. The molecular formula is C21H19ClN2O3S2. The van der Waals surface area contributed by atoms with Gasteiger partial charge in [-0.3, -0.25) is 4.79 Å². The van der Waals surface area contributed by atoms with Crippen molar-refractivity contribution < 1.29 is 14.3 Å². The van der Waals surface area contributed by atoms with E-state index in [2.05, 4.69) is 10.3 Å². The van der Waals surface area contributed by atoms with Crippen LogP contribution in [-0.2, 0) is 21.7 Å². The third-order valence-corrected chi connectivity index (χ3v) is 6.22. The average Bonchev–Trinajstić information content (AvgIpc) is 3.15. The highest BCUT2D eigenvalue weighted by molar-refractivity contribution is 8.00. The fraction of sp³-hybridized carbons (Fsp3) is 0.190. The number of benzene rings is 2. The number of carbonyl (C=O) groups is 2. The molecule has 8 heteroatoms. The number of halogens is 1. The Morgan fingerprint density at radius 3 is 2.55 bits per heavy atom. The second kappa shape index (κ2) is 10.4. The monoisotopic (exact) mass is 446 g/mol. The molecule has 2 aromatic carbocycles. The first kappa shape index (κ1) is 21.4. The van der Waals surface area contributed by atoms with Crippen molar-refractivity contribution in [2.45, 2.75) is 23.4 Å². The van der Waals surface area contributed by atoms with Crippen molar-refractivity contribution in [3.8, 4) is 0 Å². The second-order valence-corrected chi connectivity index (χ2v) is 8.56. The van der Waals surface area contributed by atoms with Gasteiger partial charge in [0, 0.05) is 21.8 Å². The van der Waals surface area contributed by atoms with Crippen LogP contribution >= 0.6 is 34.7 Å². The normalized spacial score (nSPS) is 10.6. The summed E-state index contributed by atoms with van der Waals surface area (Å²) in [5.41, 5.74) is 2.97. The Balaban J connectivity index is 1.49. The molecule has 0 atom stereocenters. The Kier molecular flexibility index (Phi) is 7.69. The van der Waals surface area contributed by atoms with Crippen LogP contribution in [0.3, 0.4) is 0 Å². The van der Waals surface area contributed by atoms with Gasteiger partial charge in [0.25, 0.3) is 0 Å². The number of ether oxygens (including phenoxy) is 1. The molecule has 150 valence electrons. The lowest BCUT2D eigenvalue weighted by Gasteiger charge is -2.06. The molecule has 0 spiro atoms. The van der Waals surface area contributed by atoms with E-state index in [-0.39, 0.29) is 18.3 Å². The van der Waals surface area contributed by atoms with E-state index in [9.17, 15) is 9.59 Å². The molecule has 0 aliphatic rings. The SMILES string of the molecule is CCOC(=O)c1ccc(NC(=O)Cc2csc(SCc3ccc(Cl)cc3)n2)cc1. The topological polar surface area (TPSA) is 68.3 Å². The Morgan fingerprint density at radius 2 is 1.86 bits per heavy atom. The van der Waals surface area contributed by atoms with Crippen molar-refractivity contribution in [1.29, 1.82) is 0 Å². The minimum absolute atomic E-state index is 0.159. The minimum Gasteiger partial charge on any atom is -0.462 e. The number of hydrogen-bond donors (Lipinski definition) is 1. The number of carbonyl (C=O) groups excluding carboxylic acids is 2. The molecule has 0 fully saturated rings. The molecule has 0 aliphatic carbocycles. The van der Waals surface area contributed by atoms with Gasteiger partial charge in [-0.1, -0.05) is 35.5 Å². The van der Waals surface area contributed by atoms with Gasteiger partial charge in [-0.05, 0) is 48.9 Å². The molecule has 1 aromatic heterocycles. The molecular weight excluding hydrogens is 428 g/mol. The summed E-state index contributed by atoms with van der Waals surface area (Å²) >= 11 is 9.05. The number of nitrogens with one attached hydrogen (secondary N) is 1. The standard InChI is InChI=1S/C21H19ClN2O3S2/c1-2-27-20(26)15-5-9-17(10-6-15)23-19(25)11-18-13-29-21(24-18)28-12-14-3-7-16(22)8-4-14/h3-10,13H,2,11-12H2,1H3,(H,23,25). The van der Waals surface area contributed by atoms with Crippen LogP contribution in [0.15, 0.2) is 58.3 Å². The molecule has 0 bridgehead atoms. The number of aromatic nitrogens is 1. The highest BCUT2D eigenvalue weighted by Crippen LogP contribution is 2.27. The number of thiazole rings is 1. The molecule has 1 heterocycles. The van der Waals surface area contributed by atoms with Crippen molar-refractivity contribution in [3.05, 3.63) is 75.8 Å². The number of rotatable bonds is 8. The molecule has 0 radical (unpaired) electrons. The summed E-state index contributed by atoms with van der Waals surface area (Å²) in [7, 11) is 0. The smallest absolute Gasteiger partial charge is 0.338 e. The lowest BCUT2D eigenvalue weighted by atomic mass is 10.2. The first-order valence-electron chi connectivity index (χ1n) is 8.92. The Hall–Kier alpha value is -2.35. The Morgan fingerprint density at radius 1 is 1.14 bits per heavy atom. The molecule has 1 N–H and O–H groups in total. The fourth-order valence-electron chi connectivity index (χ4n) is 2.44. The predicted octanol–water partition coefficient (Wildman–Crippen LogP) is 5.45. The summed E-state index contributed by atoms with van der Waals surface area (Å²) in [6.07, 6.45) is 0.192. The van der Waals surface area contributed by atoms with Crippen LogP contribution in [-0.4, -0.2) is 23.5 Å². The summed E-state index contributed by atoms with van der Waals surface area (Å²) in [6.45, 7) is 2.08. The van der Waals surface area contributed by atoms with E-state index in [1.807, 2.05) is 29.6 Å². The van der Waals surface area contributed by atoms with Gasteiger partial charge >= 0.3 is 5.97 Å². The number of amides is 1. The third kappa shape index (κ3) is 6.59.